The standard InChI is InChI=1S/C14H25N3O2/c1-3-10-19-11-5-14(18)17-8-6-16(7-9-17)13(4-2)12-15/h13H,3-11H2,1-2H3. The van der Waals surface area contributed by atoms with Gasteiger partial charge in [0.05, 0.1) is 25.1 Å². The van der Waals surface area contributed by atoms with E-state index in [2.05, 4.69) is 17.9 Å². The zero-order valence-corrected chi connectivity index (χ0v) is 12.1. The highest BCUT2D eigenvalue weighted by molar-refractivity contribution is 5.76. The van der Waals surface area contributed by atoms with Crippen molar-refractivity contribution in [2.24, 2.45) is 0 Å². The molecule has 0 bridgehead atoms. The van der Waals surface area contributed by atoms with Crippen LogP contribution in [0, 0.1) is 11.3 Å². The van der Waals surface area contributed by atoms with Gasteiger partial charge in [-0.2, -0.15) is 5.26 Å². The largest absolute Gasteiger partial charge is 0.381 e. The van der Waals surface area contributed by atoms with Crippen molar-refractivity contribution in [1.29, 1.82) is 5.26 Å². The zero-order chi connectivity index (χ0) is 14.1. The number of amides is 1. The minimum Gasteiger partial charge on any atom is -0.381 e. The van der Waals surface area contributed by atoms with Gasteiger partial charge in [-0.1, -0.05) is 13.8 Å². The van der Waals surface area contributed by atoms with E-state index in [1.54, 1.807) is 0 Å². The number of nitrogens with zero attached hydrogens (tertiary/aromatic N) is 3. The van der Waals surface area contributed by atoms with Crippen molar-refractivity contribution in [3.8, 4) is 6.07 Å². The van der Waals surface area contributed by atoms with Gasteiger partial charge >= 0.3 is 0 Å². The monoisotopic (exact) mass is 267 g/mol. The van der Waals surface area contributed by atoms with Crippen molar-refractivity contribution in [3.05, 3.63) is 0 Å². The maximum atomic E-state index is 11.9. The van der Waals surface area contributed by atoms with Gasteiger partial charge in [-0.05, 0) is 12.8 Å². The van der Waals surface area contributed by atoms with Gasteiger partial charge in [0.15, 0.2) is 0 Å². The molecule has 1 atom stereocenters. The number of hydrogen-bond donors (Lipinski definition) is 0. The van der Waals surface area contributed by atoms with Gasteiger partial charge < -0.3 is 9.64 Å². The molecule has 1 aliphatic rings. The van der Waals surface area contributed by atoms with Gasteiger partial charge in [-0.25, -0.2) is 0 Å². The molecule has 5 heteroatoms. The van der Waals surface area contributed by atoms with Crippen LogP contribution in [0.5, 0.6) is 0 Å². The van der Waals surface area contributed by atoms with Crippen LogP contribution < -0.4 is 0 Å². The summed E-state index contributed by atoms with van der Waals surface area (Å²) in [7, 11) is 0. The molecule has 0 aromatic rings. The minimum atomic E-state index is -0.00913. The molecular formula is C14H25N3O2. The second kappa shape index (κ2) is 8.89. The number of carbonyl (C=O) groups is 1. The molecule has 1 aliphatic heterocycles. The summed E-state index contributed by atoms with van der Waals surface area (Å²) < 4.78 is 5.34. The molecule has 0 aliphatic carbocycles. The third kappa shape index (κ3) is 5.17. The van der Waals surface area contributed by atoms with Crippen LogP contribution in [0.2, 0.25) is 0 Å². The van der Waals surface area contributed by atoms with Crippen molar-refractivity contribution in [1.82, 2.24) is 9.80 Å². The van der Waals surface area contributed by atoms with E-state index >= 15 is 0 Å². The molecule has 0 radical (unpaired) electrons. The quantitative estimate of drug-likeness (QED) is 0.651. The first-order valence-corrected chi connectivity index (χ1v) is 7.22. The lowest BCUT2D eigenvalue weighted by Crippen LogP contribution is -2.51. The van der Waals surface area contributed by atoms with Crippen molar-refractivity contribution in [2.75, 3.05) is 39.4 Å². The fourth-order valence-corrected chi connectivity index (χ4v) is 2.28. The van der Waals surface area contributed by atoms with E-state index < -0.39 is 0 Å². The summed E-state index contributed by atoms with van der Waals surface area (Å²) in [6.07, 6.45) is 2.30. The SMILES string of the molecule is CCCOCCC(=O)N1CCN(C(C#N)CC)CC1. The van der Waals surface area contributed by atoms with Crippen LogP contribution in [-0.2, 0) is 9.53 Å². The molecule has 0 spiro atoms. The highest BCUT2D eigenvalue weighted by Gasteiger charge is 2.24. The Labute approximate surface area is 116 Å². The molecule has 1 amide bonds. The summed E-state index contributed by atoms with van der Waals surface area (Å²) in [5.41, 5.74) is 0. The molecule has 5 nitrogen and oxygen atoms in total. The van der Waals surface area contributed by atoms with Gasteiger partial charge in [0.1, 0.15) is 0 Å². The van der Waals surface area contributed by atoms with Crippen LogP contribution in [-0.4, -0.2) is 61.1 Å². The summed E-state index contributed by atoms with van der Waals surface area (Å²) in [4.78, 5) is 16.0. The molecule has 1 fully saturated rings. The van der Waals surface area contributed by atoms with Crippen molar-refractivity contribution in [2.45, 2.75) is 39.2 Å². The first kappa shape index (κ1) is 15.9. The van der Waals surface area contributed by atoms with E-state index in [4.69, 9.17) is 10.00 Å². The van der Waals surface area contributed by atoms with Crippen LogP contribution in [0.25, 0.3) is 0 Å². The molecule has 1 heterocycles. The molecule has 1 rings (SSSR count). The number of nitriles is 1. The summed E-state index contributed by atoms with van der Waals surface area (Å²) in [5.74, 6) is 0.167. The Morgan fingerprint density at radius 2 is 1.95 bits per heavy atom. The highest BCUT2D eigenvalue weighted by atomic mass is 16.5. The molecule has 19 heavy (non-hydrogen) atoms. The summed E-state index contributed by atoms with van der Waals surface area (Å²) in [5, 5.41) is 9.03. The first-order valence-electron chi connectivity index (χ1n) is 7.22. The fourth-order valence-electron chi connectivity index (χ4n) is 2.28. The topological polar surface area (TPSA) is 56.6 Å². The zero-order valence-electron chi connectivity index (χ0n) is 12.1. The van der Waals surface area contributed by atoms with E-state index in [1.807, 2.05) is 11.8 Å². The molecule has 108 valence electrons. The Kier molecular flexibility index (Phi) is 7.46. The van der Waals surface area contributed by atoms with Gasteiger partial charge in [-0.3, -0.25) is 9.69 Å². The van der Waals surface area contributed by atoms with Crippen LogP contribution in [0.15, 0.2) is 0 Å². The molecule has 0 aromatic carbocycles. The lowest BCUT2D eigenvalue weighted by molar-refractivity contribution is -0.134. The van der Waals surface area contributed by atoms with Crippen molar-refractivity contribution in [3.63, 3.8) is 0 Å². The van der Waals surface area contributed by atoms with Crippen LogP contribution in [0.3, 0.4) is 0 Å². The van der Waals surface area contributed by atoms with Gasteiger partial charge in [-0.15, -0.1) is 0 Å². The Bertz CT molecular complexity index is 306. The van der Waals surface area contributed by atoms with Crippen molar-refractivity contribution >= 4 is 5.91 Å². The number of piperazine rings is 1. The second-order valence-corrected chi connectivity index (χ2v) is 4.83. The van der Waals surface area contributed by atoms with Crippen LogP contribution in [0.1, 0.15) is 33.1 Å². The smallest absolute Gasteiger partial charge is 0.224 e. The van der Waals surface area contributed by atoms with Crippen LogP contribution in [0.4, 0.5) is 0 Å². The van der Waals surface area contributed by atoms with Gasteiger partial charge in [0.2, 0.25) is 5.91 Å². The third-order valence-electron chi connectivity index (χ3n) is 3.45. The van der Waals surface area contributed by atoms with Gasteiger partial charge in [0.25, 0.3) is 0 Å². The van der Waals surface area contributed by atoms with E-state index in [1.165, 1.54) is 0 Å². The number of rotatable bonds is 7. The molecule has 1 unspecified atom stereocenters. The maximum absolute atomic E-state index is 11.9. The second-order valence-electron chi connectivity index (χ2n) is 4.83. The first-order chi connectivity index (χ1) is 9.22. The fraction of sp³-hybridized carbons (Fsp3) is 0.857. The lowest BCUT2D eigenvalue weighted by Gasteiger charge is -2.36. The summed E-state index contributed by atoms with van der Waals surface area (Å²) in [6, 6.07) is 2.31. The molecule has 0 aromatic heterocycles. The third-order valence-corrected chi connectivity index (χ3v) is 3.45. The van der Waals surface area contributed by atoms with E-state index in [9.17, 15) is 4.79 Å². The molecule has 1 saturated heterocycles. The van der Waals surface area contributed by atoms with E-state index in [-0.39, 0.29) is 11.9 Å². The maximum Gasteiger partial charge on any atom is 0.224 e. The van der Waals surface area contributed by atoms with Crippen molar-refractivity contribution < 1.29 is 9.53 Å². The molecular weight excluding hydrogens is 242 g/mol. The predicted molar refractivity (Wildman–Crippen MR) is 73.6 cm³/mol. The lowest BCUT2D eigenvalue weighted by atomic mass is 10.2. The predicted octanol–water partition coefficient (Wildman–Crippen LogP) is 1.25. The highest BCUT2D eigenvalue weighted by Crippen LogP contribution is 2.09. The number of carbonyl (C=O) groups excluding carboxylic acids is 1. The van der Waals surface area contributed by atoms with Gasteiger partial charge in [0, 0.05) is 32.8 Å². The number of hydrogen-bond acceptors (Lipinski definition) is 4. The van der Waals surface area contributed by atoms with E-state index in [0.717, 1.165) is 45.6 Å². The van der Waals surface area contributed by atoms with Crippen LogP contribution >= 0.6 is 0 Å². The summed E-state index contributed by atoms with van der Waals surface area (Å²) in [6.45, 7) is 8.37. The van der Waals surface area contributed by atoms with E-state index in [0.29, 0.717) is 13.0 Å². The Hall–Kier alpha value is -1.12. The molecule has 0 saturated carbocycles. The number of ether oxygens (including phenoxy) is 1. The average molecular weight is 267 g/mol. The Morgan fingerprint density at radius 1 is 1.26 bits per heavy atom. The minimum absolute atomic E-state index is 0.00913. The Morgan fingerprint density at radius 3 is 2.47 bits per heavy atom. The summed E-state index contributed by atoms with van der Waals surface area (Å²) >= 11 is 0. The average Bonchev–Trinajstić information content (AvgIpc) is 2.45. The molecule has 0 N–H and O–H groups in total. The Balaban J connectivity index is 2.25. The normalized spacial score (nSPS) is 18.1.